The molecule has 2 N–H and O–H groups in total. The van der Waals surface area contributed by atoms with Crippen LogP contribution >= 0.6 is 0 Å². The fourth-order valence-corrected chi connectivity index (χ4v) is 4.05. The third kappa shape index (κ3) is 6.48. The number of alkyl halides is 2. The molecule has 0 saturated heterocycles. The largest absolute Gasteiger partial charge is 0.433 e. The van der Waals surface area contributed by atoms with E-state index in [0.717, 1.165) is 35.5 Å². The number of aryl methyl sites for hydroxylation is 2. The second kappa shape index (κ2) is 11.8. The highest BCUT2D eigenvalue weighted by Gasteiger charge is 2.17. The summed E-state index contributed by atoms with van der Waals surface area (Å²) in [7, 11) is 5.76. The van der Waals surface area contributed by atoms with Gasteiger partial charge in [0.25, 0.3) is 0 Å². The molecule has 0 spiro atoms. The van der Waals surface area contributed by atoms with Gasteiger partial charge in [-0.1, -0.05) is 12.6 Å². The Morgan fingerprint density at radius 3 is 2.74 bits per heavy atom. The zero-order chi connectivity index (χ0) is 27.2. The predicted molar refractivity (Wildman–Crippen MR) is 144 cm³/mol. The molecule has 9 nitrogen and oxygen atoms in total. The first kappa shape index (κ1) is 26.7. The van der Waals surface area contributed by atoms with E-state index in [4.69, 9.17) is 4.74 Å². The number of ether oxygens (including phenoxy) is 1. The lowest BCUT2D eigenvalue weighted by molar-refractivity contribution is -0.111. The van der Waals surface area contributed by atoms with Crippen molar-refractivity contribution in [3.05, 3.63) is 67.1 Å². The highest BCUT2D eigenvalue weighted by molar-refractivity contribution is 6.00. The van der Waals surface area contributed by atoms with Crippen molar-refractivity contribution in [2.24, 2.45) is 7.05 Å². The molecule has 1 amide bonds. The van der Waals surface area contributed by atoms with Gasteiger partial charge in [0.15, 0.2) is 0 Å². The number of halogens is 2. The van der Waals surface area contributed by atoms with Crippen molar-refractivity contribution in [3.8, 4) is 17.0 Å². The number of carbonyl (C=O) groups is 1. The number of nitrogens with zero attached hydrogens (tertiary/aromatic N) is 5. The van der Waals surface area contributed by atoms with Gasteiger partial charge in [-0.3, -0.25) is 9.48 Å². The number of rotatable bonds is 11. The number of aromatic nitrogens is 4. The summed E-state index contributed by atoms with van der Waals surface area (Å²) < 4.78 is 33.3. The van der Waals surface area contributed by atoms with Gasteiger partial charge in [-0.15, -0.1) is 0 Å². The SMILES string of the molecule is C=CC(=O)Nc1cc(Nc2cc(-c3ccc4c(cnn4C)c3)ncn2)c(OC(F)F)cc1CCCN(C)C. The van der Waals surface area contributed by atoms with E-state index in [1.807, 2.05) is 44.2 Å². The molecule has 4 aromatic rings. The van der Waals surface area contributed by atoms with Crippen molar-refractivity contribution >= 4 is 34.0 Å². The van der Waals surface area contributed by atoms with Crippen LogP contribution in [0.1, 0.15) is 12.0 Å². The third-order valence-corrected chi connectivity index (χ3v) is 5.89. The Balaban J connectivity index is 1.68. The topological polar surface area (TPSA) is 97.2 Å². The lowest BCUT2D eigenvalue weighted by Crippen LogP contribution is -2.15. The van der Waals surface area contributed by atoms with Crippen LogP contribution in [0.25, 0.3) is 22.2 Å². The standard InChI is InChI=1S/C27H29F2N7O2/c1-5-26(37)34-21-13-22(24(38-27(28)29)12-17(21)7-6-10-35(2)3)33-25-14-20(30-16-31-25)18-8-9-23-19(11-18)15-32-36(23)4/h5,8-9,11-16,27H,1,6-7,10H2,2-4H3,(H,34,37)(H,30,31,33). The van der Waals surface area contributed by atoms with E-state index >= 15 is 0 Å². The van der Waals surface area contributed by atoms with Crippen LogP contribution in [-0.2, 0) is 18.3 Å². The molecular formula is C27H29F2N7O2. The highest BCUT2D eigenvalue weighted by atomic mass is 19.3. The third-order valence-electron chi connectivity index (χ3n) is 5.89. The monoisotopic (exact) mass is 521 g/mol. The molecule has 0 unspecified atom stereocenters. The van der Waals surface area contributed by atoms with Crippen LogP contribution in [0, 0.1) is 0 Å². The molecule has 4 rings (SSSR count). The first-order valence-electron chi connectivity index (χ1n) is 11.9. The van der Waals surface area contributed by atoms with Crippen LogP contribution in [0.2, 0.25) is 0 Å². The number of hydrogen-bond donors (Lipinski definition) is 2. The smallest absolute Gasteiger partial charge is 0.387 e. The van der Waals surface area contributed by atoms with E-state index in [1.54, 1.807) is 23.0 Å². The van der Waals surface area contributed by atoms with Crippen LogP contribution in [-0.4, -0.2) is 57.8 Å². The average Bonchev–Trinajstić information content (AvgIpc) is 3.25. The van der Waals surface area contributed by atoms with E-state index in [2.05, 4.69) is 32.3 Å². The molecule has 2 aromatic carbocycles. The quantitative estimate of drug-likeness (QED) is 0.268. The van der Waals surface area contributed by atoms with E-state index in [0.29, 0.717) is 29.2 Å². The second-order valence-corrected chi connectivity index (χ2v) is 8.94. The van der Waals surface area contributed by atoms with Gasteiger partial charge in [-0.25, -0.2) is 9.97 Å². The maximum absolute atomic E-state index is 13.3. The molecule has 0 fully saturated rings. The van der Waals surface area contributed by atoms with Crippen LogP contribution < -0.4 is 15.4 Å². The summed E-state index contributed by atoms with van der Waals surface area (Å²) in [6, 6.07) is 10.6. The van der Waals surface area contributed by atoms with Gasteiger partial charge in [-0.05, 0) is 69.4 Å². The fourth-order valence-electron chi connectivity index (χ4n) is 4.05. The van der Waals surface area contributed by atoms with Crippen LogP contribution in [0.3, 0.4) is 0 Å². The van der Waals surface area contributed by atoms with Gasteiger partial charge in [0.2, 0.25) is 5.91 Å². The summed E-state index contributed by atoms with van der Waals surface area (Å²) in [5.41, 5.74) is 3.80. The molecule has 2 heterocycles. The molecule has 0 radical (unpaired) electrons. The molecule has 0 aliphatic carbocycles. The summed E-state index contributed by atoms with van der Waals surface area (Å²) in [5, 5.41) is 11.0. The zero-order valence-corrected chi connectivity index (χ0v) is 21.4. The van der Waals surface area contributed by atoms with Crippen molar-refractivity contribution in [2.75, 3.05) is 31.3 Å². The zero-order valence-electron chi connectivity index (χ0n) is 21.4. The van der Waals surface area contributed by atoms with Gasteiger partial charge in [0.1, 0.15) is 17.9 Å². The van der Waals surface area contributed by atoms with E-state index < -0.39 is 12.5 Å². The summed E-state index contributed by atoms with van der Waals surface area (Å²) in [6.07, 6.45) is 5.60. The minimum atomic E-state index is -3.04. The molecule has 198 valence electrons. The summed E-state index contributed by atoms with van der Waals surface area (Å²) in [4.78, 5) is 22.7. The molecule has 2 aromatic heterocycles. The number of fused-ring (bicyclic) bond motifs is 1. The average molecular weight is 522 g/mol. The Morgan fingerprint density at radius 1 is 1.18 bits per heavy atom. The van der Waals surface area contributed by atoms with Gasteiger partial charge < -0.3 is 20.3 Å². The van der Waals surface area contributed by atoms with Gasteiger partial charge >= 0.3 is 6.61 Å². The predicted octanol–water partition coefficient (Wildman–Crippen LogP) is 4.99. The molecule has 0 bridgehead atoms. The van der Waals surface area contributed by atoms with Crippen molar-refractivity contribution < 1.29 is 18.3 Å². The fraction of sp³-hybridized carbons (Fsp3) is 0.259. The van der Waals surface area contributed by atoms with Crippen molar-refractivity contribution in [2.45, 2.75) is 19.5 Å². The Bertz CT molecular complexity index is 1450. The molecule has 11 heteroatoms. The molecule has 38 heavy (non-hydrogen) atoms. The second-order valence-electron chi connectivity index (χ2n) is 8.94. The molecule has 0 saturated carbocycles. The molecule has 0 aliphatic heterocycles. The number of benzene rings is 2. The molecule has 0 atom stereocenters. The normalized spacial score (nSPS) is 11.2. The maximum atomic E-state index is 13.3. The van der Waals surface area contributed by atoms with Crippen molar-refractivity contribution in [1.29, 1.82) is 0 Å². The van der Waals surface area contributed by atoms with Gasteiger partial charge in [0, 0.05) is 29.8 Å². The van der Waals surface area contributed by atoms with E-state index in [9.17, 15) is 13.6 Å². The van der Waals surface area contributed by atoms with Gasteiger partial charge in [-0.2, -0.15) is 13.9 Å². The number of anilines is 3. The van der Waals surface area contributed by atoms with Crippen LogP contribution in [0.4, 0.5) is 26.0 Å². The van der Waals surface area contributed by atoms with Crippen LogP contribution in [0.15, 0.2) is 61.6 Å². The van der Waals surface area contributed by atoms with Gasteiger partial charge in [0.05, 0.1) is 23.1 Å². The molecular weight excluding hydrogens is 492 g/mol. The first-order chi connectivity index (χ1) is 18.2. The number of nitrogens with one attached hydrogen (secondary N) is 2. The Labute approximate surface area is 219 Å². The Morgan fingerprint density at radius 2 is 2.00 bits per heavy atom. The first-order valence-corrected chi connectivity index (χ1v) is 11.9. The van der Waals surface area contributed by atoms with Crippen molar-refractivity contribution in [1.82, 2.24) is 24.6 Å². The highest BCUT2D eigenvalue weighted by Crippen LogP contribution is 2.36. The minimum absolute atomic E-state index is 0.0617. The van der Waals surface area contributed by atoms with E-state index in [-0.39, 0.29) is 11.4 Å². The van der Waals surface area contributed by atoms with Crippen molar-refractivity contribution in [3.63, 3.8) is 0 Å². The number of amides is 1. The number of carbonyl (C=O) groups excluding carboxylic acids is 1. The maximum Gasteiger partial charge on any atom is 0.387 e. The number of hydrogen-bond acceptors (Lipinski definition) is 7. The summed E-state index contributed by atoms with van der Waals surface area (Å²) in [6.45, 7) is 1.25. The minimum Gasteiger partial charge on any atom is -0.433 e. The Kier molecular flexibility index (Phi) is 8.27. The molecule has 0 aliphatic rings. The Hall–Kier alpha value is -4.38. The van der Waals surface area contributed by atoms with E-state index in [1.165, 1.54) is 12.4 Å². The summed E-state index contributed by atoms with van der Waals surface area (Å²) in [5.74, 6) is -0.113. The van der Waals surface area contributed by atoms with Crippen LogP contribution in [0.5, 0.6) is 5.75 Å². The lowest BCUT2D eigenvalue weighted by Gasteiger charge is -2.18. The summed E-state index contributed by atoms with van der Waals surface area (Å²) >= 11 is 0. The lowest BCUT2D eigenvalue weighted by atomic mass is 10.0.